The second-order valence-electron chi connectivity index (χ2n) is 6.36. The minimum Gasteiger partial charge on any atom is -0.387 e. The molecule has 2 unspecified atom stereocenters. The molecule has 0 radical (unpaired) electrons. The molecule has 1 aromatic carbocycles. The number of benzene rings is 1. The Bertz CT molecular complexity index is 488. The summed E-state index contributed by atoms with van der Waals surface area (Å²) in [7, 11) is 0. The molecule has 1 saturated carbocycles. The molecular formula is C16H23FN2O2. The molecule has 1 aliphatic carbocycles. The summed E-state index contributed by atoms with van der Waals surface area (Å²) in [4.78, 5) is 11.9. The van der Waals surface area contributed by atoms with Crippen molar-refractivity contribution in [3.05, 3.63) is 35.6 Å². The Morgan fingerprint density at radius 3 is 2.67 bits per heavy atom. The average molecular weight is 294 g/mol. The fraction of sp³-hybridized carbons (Fsp3) is 0.562. The van der Waals surface area contributed by atoms with E-state index in [-0.39, 0.29) is 29.8 Å². The Kier molecular flexibility index (Phi) is 4.83. The van der Waals surface area contributed by atoms with Gasteiger partial charge in [0.1, 0.15) is 5.82 Å². The molecule has 0 spiro atoms. The summed E-state index contributed by atoms with van der Waals surface area (Å²) >= 11 is 0. The quantitative estimate of drug-likeness (QED) is 0.799. The average Bonchev–Trinajstić information content (AvgIpc) is 2.76. The van der Waals surface area contributed by atoms with Gasteiger partial charge < -0.3 is 15.7 Å². The van der Waals surface area contributed by atoms with Gasteiger partial charge in [0.05, 0.1) is 6.10 Å². The Morgan fingerprint density at radius 1 is 1.43 bits per heavy atom. The van der Waals surface area contributed by atoms with Crippen LogP contribution < -0.4 is 10.6 Å². The monoisotopic (exact) mass is 294 g/mol. The highest BCUT2D eigenvalue weighted by molar-refractivity contribution is 5.74. The molecule has 0 heterocycles. The van der Waals surface area contributed by atoms with Gasteiger partial charge in [-0.15, -0.1) is 0 Å². The van der Waals surface area contributed by atoms with Crippen LogP contribution in [0.15, 0.2) is 24.3 Å². The van der Waals surface area contributed by atoms with Crippen LogP contribution in [0.4, 0.5) is 9.18 Å². The lowest BCUT2D eigenvalue weighted by Crippen LogP contribution is -2.47. The normalized spacial score (nSPS) is 21.8. The Morgan fingerprint density at radius 2 is 2.10 bits per heavy atom. The fourth-order valence-electron chi connectivity index (χ4n) is 2.80. The van der Waals surface area contributed by atoms with Crippen LogP contribution in [0.3, 0.4) is 0 Å². The van der Waals surface area contributed by atoms with Crippen molar-refractivity contribution in [3.63, 3.8) is 0 Å². The van der Waals surface area contributed by atoms with Gasteiger partial charge in [0.2, 0.25) is 0 Å². The lowest BCUT2D eigenvalue weighted by atomic mass is 9.87. The third kappa shape index (κ3) is 4.17. The van der Waals surface area contributed by atoms with Crippen molar-refractivity contribution in [1.29, 1.82) is 0 Å². The van der Waals surface area contributed by atoms with Gasteiger partial charge in [-0.1, -0.05) is 32.4 Å². The van der Waals surface area contributed by atoms with Crippen LogP contribution in [0.25, 0.3) is 0 Å². The molecule has 116 valence electrons. The number of aliphatic hydroxyl groups is 1. The van der Waals surface area contributed by atoms with Crippen molar-refractivity contribution in [2.75, 3.05) is 6.54 Å². The number of rotatable bonds is 4. The molecule has 0 saturated heterocycles. The fourth-order valence-corrected chi connectivity index (χ4v) is 2.80. The molecule has 2 rings (SSSR count). The smallest absolute Gasteiger partial charge is 0.315 e. The molecule has 4 nitrogen and oxygen atoms in total. The first-order valence-corrected chi connectivity index (χ1v) is 7.36. The first-order chi connectivity index (χ1) is 9.88. The summed E-state index contributed by atoms with van der Waals surface area (Å²) in [6.45, 7) is 4.40. The van der Waals surface area contributed by atoms with Crippen molar-refractivity contribution >= 4 is 6.03 Å². The minimum absolute atomic E-state index is 0.102. The van der Waals surface area contributed by atoms with E-state index in [1.165, 1.54) is 24.3 Å². The summed E-state index contributed by atoms with van der Waals surface area (Å²) < 4.78 is 12.8. The molecule has 5 heteroatoms. The zero-order chi connectivity index (χ0) is 15.5. The number of nitrogens with one attached hydrogen (secondary N) is 2. The zero-order valence-corrected chi connectivity index (χ0v) is 12.5. The third-order valence-electron chi connectivity index (χ3n) is 4.27. The Labute approximate surface area is 124 Å². The second kappa shape index (κ2) is 6.43. The van der Waals surface area contributed by atoms with Crippen LogP contribution in [0.5, 0.6) is 0 Å². The van der Waals surface area contributed by atoms with E-state index in [9.17, 15) is 14.3 Å². The first-order valence-electron chi connectivity index (χ1n) is 7.36. The number of hydrogen-bond donors (Lipinski definition) is 3. The third-order valence-corrected chi connectivity index (χ3v) is 4.27. The van der Waals surface area contributed by atoms with Crippen molar-refractivity contribution < 1.29 is 14.3 Å². The number of carbonyl (C=O) groups is 1. The molecule has 2 amide bonds. The molecule has 0 aromatic heterocycles. The molecule has 2 atom stereocenters. The van der Waals surface area contributed by atoms with Crippen LogP contribution in [0.2, 0.25) is 0 Å². The predicted molar refractivity (Wildman–Crippen MR) is 79.3 cm³/mol. The van der Waals surface area contributed by atoms with Crippen LogP contribution in [0.1, 0.15) is 44.8 Å². The predicted octanol–water partition coefficient (Wildman–Crippen LogP) is 2.74. The van der Waals surface area contributed by atoms with Crippen LogP contribution in [-0.4, -0.2) is 23.7 Å². The maximum absolute atomic E-state index is 12.8. The maximum atomic E-state index is 12.8. The molecule has 3 N–H and O–H groups in total. The highest BCUT2D eigenvalue weighted by Gasteiger charge is 2.35. The summed E-state index contributed by atoms with van der Waals surface area (Å²) in [5.74, 6) is -0.347. The Balaban J connectivity index is 1.80. The molecule has 1 aliphatic rings. The van der Waals surface area contributed by atoms with Crippen molar-refractivity contribution in [1.82, 2.24) is 10.6 Å². The summed E-state index contributed by atoms with van der Waals surface area (Å²) in [5.41, 5.74) is 0.699. The number of hydrogen-bond acceptors (Lipinski definition) is 2. The van der Waals surface area contributed by atoms with Gasteiger partial charge >= 0.3 is 6.03 Å². The number of amides is 2. The van der Waals surface area contributed by atoms with Crippen LogP contribution in [-0.2, 0) is 0 Å². The summed E-state index contributed by atoms with van der Waals surface area (Å²) in [6, 6.07) is 5.51. The summed E-state index contributed by atoms with van der Waals surface area (Å²) in [6.07, 6.45) is 2.38. The van der Waals surface area contributed by atoms with Crippen molar-refractivity contribution in [3.8, 4) is 0 Å². The highest BCUT2D eigenvalue weighted by atomic mass is 19.1. The minimum atomic E-state index is -0.840. The molecule has 0 aliphatic heterocycles. The van der Waals surface area contributed by atoms with E-state index < -0.39 is 6.10 Å². The van der Waals surface area contributed by atoms with Crippen LogP contribution >= 0.6 is 0 Å². The van der Waals surface area contributed by atoms with Crippen molar-refractivity contribution in [2.45, 2.75) is 45.3 Å². The lowest BCUT2D eigenvalue weighted by molar-refractivity contribution is 0.170. The van der Waals surface area contributed by atoms with Gasteiger partial charge in [0.15, 0.2) is 0 Å². The SMILES string of the molecule is CC1(C)CCCC1NC(=O)NCC(O)c1ccc(F)cc1. The molecular weight excluding hydrogens is 271 g/mol. The topological polar surface area (TPSA) is 61.4 Å². The molecule has 1 fully saturated rings. The van der Waals surface area contributed by atoms with E-state index >= 15 is 0 Å². The van der Waals surface area contributed by atoms with Gasteiger partial charge in [0.25, 0.3) is 0 Å². The maximum Gasteiger partial charge on any atom is 0.315 e. The first kappa shape index (κ1) is 15.8. The summed E-state index contributed by atoms with van der Waals surface area (Å²) in [5, 5.41) is 15.6. The largest absolute Gasteiger partial charge is 0.387 e. The molecule has 21 heavy (non-hydrogen) atoms. The van der Waals surface area contributed by atoms with Gasteiger partial charge in [0, 0.05) is 12.6 Å². The van der Waals surface area contributed by atoms with Gasteiger partial charge in [-0.25, -0.2) is 9.18 Å². The zero-order valence-electron chi connectivity index (χ0n) is 12.5. The standard InChI is InChI=1S/C16H23FN2O2/c1-16(2)9-3-4-14(16)19-15(21)18-10-13(20)11-5-7-12(17)8-6-11/h5-8,13-14,20H,3-4,9-10H2,1-2H3,(H2,18,19,21). The number of urea groups is 1. The van der Waals surface area contributed by atoms with Crippen molar-refractivity contribution in [2.24, 2.45) is 5.41 Å². The molecule has 0 bridgehead atoms. The number of halogens is 1. The lowest BCUT2D eigenvalue weighted by Gasteiger charge is -2.28. The van der Waals surface area contributed by atoms with E-state index in [1.54, 1.807) is 0 Å². The van der Waals surface area contributed by atoms with E-state index in [4.69, 9.17) is 0 Å². The second-order valence-corrected chi connectivity index (χ2v) is 6.36. The van der Waals surface area contributed by atoms with Crippen LogP contribution in [0, 0.1) is 11.2 Å². The van der Waals surface area contributed by atoms with E-state index in [0.717, 1.165) is 19.3 Å². The van der Waals surface area contributed by atoms with Gasteiger partial charge in [-0.05, 0) is 36.0 Å². The van der Waals surface area contributed by atoms with Gasteiger partial charge in [-0.3, -0.25) is 0 Å². The van der Waals surface area contributed by atoms with E-state index in [2.05, 4.69) is 24.5 Å². The Hall–Kier alpha value is -1.62. The van der Waals surface area contributed by atoms with E-state index in [0.29, 0.717) is 5.56 Å². The van der Waals surface area contributed by atoms with Gasteiger partial charge in [-0.2, -0.15) is 0 Å². The number of aliphatic hydroxyl groups excluding tert-OH is 1. The number of carbonyl (C=O) groups excluding carboxylic acids is 1. The molecule has 1 aromatic rings. The van der Waals surface area contributed by atoms with E-state index in [1.807, 2.05) is 0 Å². The highest BCUT2D eigenvalue weighted by Crippen LogP contribution is 2.37.